The molecule has 2 atom stereocenters. The summed E-state index contributed by atoms with van der Waals surface area (Å²) in [6.45, 7) is 14.9. The van der Waals surface area contributed by atoms with Crippen LogP contribution in [0, 0.1) is 18.3 Å². The van der Waals surface area contributed by atoms with Crippen molar-refractivity contribution >= 4 is 16.9 Å². The summed E-state index contributed by atoms with van der Waals surface area (Å²) in [6.07, 6.45) is 4.54. The molecule has 0 amide bonds. The number of hydrogen-bond donors (Lipinski definition) is 1. The number of carbonyl (C=O) groups is 1. The first-order valence-electron chi connectivity index (χ1n) is 10.7. The van der Waals surface area contributed by atoms with E-state index in [-0.39, 0.29) is 5.12 Å². The lowest BCUT2D eigenvalue weighted by atomic mass is 9.89. The number of hydrogen-bond acceptors (Lipinski definition) is 3. The number of terminal acetylenes is 1. The maximum absolute atomic E-state index is 13.2. The van der Waals surface area contributed by atoms with Crippen molar-refractivity contribution in [1.29, 1.82) is 0 Å². The normalized spacial score (nSPS) is 13.5. The Balaban J connectivity index is 2.37. The monoisotopic (exact) mass is 422 g/mol. The summed E-state index contributed by atoms with van der Waals surface area (Å²) in [7, 11) is 0. The van der Waals surface area contributed by atoms with E-state index in [1.807, 2.05) is 0 Å². The SMILES string of the molecule is C#Cc1ccc([C@@H](O)[C@H](C)C(=O)Sc2c(C(C)C)cc(C(C)C)cc2C(C)C)cc1. The van der Waals surface area contributed by atoms with Crippen molar-refractivity contribution in [2.45, 2.75) is 77.2 Å². The van der Waals surface area contributed by atoms with Gasteiger partial charge in [0.2, 0.25) is 0 Å². The molecule has 0 aliphatic carbocycles. The Morgan fingerprint density at radius 2 is 1.37 bits per heavy atom. The number of carbonyl (C=O) groups excluding carboxylic acids is 1. The van der Waals surface area contributed by atoms with E-state index < -0.39 is 12.0 Å². The van der Waals surface area contributed by atoms with Crippen LogP contribution in [-0.4, -0.2) is 10.2 Å². The van der Waals surface area contributed by atoms with Crippen LogP contribution in [0.25, 0.3) is 0 Å². The van der Waals surface area contributed by atoms with Crippen molar-refractivity contribution < 1.29 is 9.90 Å². The van der Waals surface area contributed by atoms with E-state index in [9.17, 15) is 9.90 Å². The van der Waals surface area contributed by atoms with E-state index >= 15 is 0 Å². The van der Waals surface area contributed by atoms with Crippen LogP contribution in [0.3, 0.4) is 0 Å². The quantitative estimate of drug-likeness (QED) is 0.384. The van der Waals surface area contributed by atoms with Crippen LogP contribution in [0.4, 0.5) is 0 Å². The fraction of sp³-hybridized carbons (Fsp3) is 0.444. The molecular weight excluding hydrogens is 388 g/mol. The number of rotatable bonds is 7. The molecule has 0 aliphatic rings. The molecule has 0 spiro atoms. The largest absolute Gasteiger partial charge is 0.388 e. The second-order valence-corrected chi connectivity index (χ2v) is 9.93. The van der Waals surface area contributed by atoms with E-state index in [1.165, 1.54) is 28.5 Å². The summed E-state index contributed by atoms with van der Waals surface area (Å²) in [6, 6.07) is 11.7. The summed E-state index contributed by atoms with van der Waals surface area (Å²) in [5.74, 6) is 3.10. The van der Waals surface area contributed by atoms with Gasteiger partial charge in [0.25, 0.3) is 0 Å². The lowest BCUT2D eigenvalue weighted by Crippen LogP contribution is -2.17. The van der Waals surface area contributed by atoms with Crippen molar-refractivity contribution in [3.05, 3.63) is 64.2 Å². The fourth-order valence-electron chi connectivity index (χ4n) is 3.40. The molecule has 2 aromatic rings. The van der Waals surface area contributed by atoms with E-state index in [1.54, 1.807) is 31.2 Å². The van der Waals surface area contributed by atoms with Crippen LogP contribution in [0.5, 0.6) is 0 Å². The van der Waals surface area contributed by atoms with Crippen molar-refractivity contribution in [3.8, 4) is 12.3 Å². The molecule has 2 nitrogen and oxygen atoms in total. The van der Waals surface area contributed by atoms with Gasteiger partial charge in [0.15, 0.2) is 5.12 Å². The molecule has 2 rings (SSSR count). The highest BCUT2D eigenvalue weighted by molar-refractivity contribution is 8.13. The molecule has 2 aromatic carbocycles. The molecule has 0 saturated heterocycles. The molecule has 0 aliphatic heterocycles. The Labute approximate surface area is 186 Å². The first kappa shape index (κ1) is 24.3. The predicted octanol–water partition coefficient (Wildman–Crippen LogP) is 7.03. The standard InChI is InChI=1S/C27H34O2S/c1-9-20-10-12-21(13-11-20)25(28)19(8)27(29)30-26-23(17(4)5)14-22(16(2)3)15-24(26)18(6)7/h1,10-19,25,28H,2-8H3/t19-,25-/m0/s1. The zero-order valence-electron chi connectivity index (χ0n) is 19.2. The molecule has 0 bridgehead atoms. The molecular formula is C27H34O2S. The molecule has 0 saturated carbocycles. The zero-order valence-corrected chi connectivity index (χ0v) is 20.0. The minimum absolute atomic E-state index is 0.0235. The predicted molar refractivity (Wildman–Crippen MR) is 128 cm³/mol. The van der Waals surface area contributed by atoms with Gasteiger partial charge in [-0.15, -0.1) is 6.42 Å². The lowest BCUT2D eigenvalue weighted by molar-refractivity contribution is -0.117. The summed E-state index contributed by atoms with van der Waals surface area (Å²) in [5, 5.41) is 10.8. The number of aliphatic hydroxyl groups excluding tert-OH is 1. The number of aliphatic hydroxyl groups is 1. The minimum Gasteiger partial charge on any atom is -0.388 e. The van der Waals surface area contributed by atoms with Crippen LogP contribution in [-0.2, 0) is 4.79 Å². The van der Waals surface area contributed by atoms with E-state index in [4.69, 9.17) is 6.42 Å². The molecule has 30 heavy (non-hydrogen) atoms. The van der Waals surface area contributed by atoms with Crippen molar-refractivity contribution in [3.63, 3.8) is 0 Å². The van der Waals surface area contributed by atoms with Gasteiger partial charge in [-0.05, 0) is 52.1 Å². The van der Waals surface area contributed by atoms with Crippen molar-refractivity contribution in [1.82, 2.24) is 0 Å². The van der Waals surface area contributed by atoms with Crippen LogP contribution < -0.4 is 0 Å². The van der Waals surface area contributed by atoms with Gasteiger partial charge in [0.1, 0.15) is 0 Å². The Kier molecular flexibility index (Phi) is 8.35. The molecule has 0 unspecified atom stereocenters. The summed E-state index contributed by atoms with van der Waals surface area (Å²) >= 11 is 1.28. The van der Waals surface area contributed by atoms with Crippen LogP contribution >= 0.6 is 11.8 Å². The zero-order chi connectivity index (χ0) is 22.6. The van der Waals surface area contributed by atoms with Crippen LogP contribution in [0.2, 0.25) is 0 Å². The molecule has 3 heteroatoms. The van der Waals surface area contributed by atoms with Gasteiger partial charge >= 0.3 is 0 Å². The number of thioether (sulfide) groups is 1. The molecule has 0 fully saturated rings. The van der Waals surface area contributed by atoms with Crippen molar-refractivity contribution in [2.24, 2.45) is 5.92 Å². The molecule has 0 radical (unpaired) electrons. The third kappa shape index (κ3) is 5.56. The summed E-state index contributed by atoms with van der Waals surface area (Å²) < 4.78 is 0. The average Bonchev–Trinajstić information content (AvgIpc) is 2.72. The van der Waals surface area contributed by atoms with Gasteiger partial charge in [0, 0.05) is 10.5 Å². The van der Waals surface area contributed by atoms with Gasteiger partial charge in [-0.3, -0.25) is 4.79 Å². The highest BCUT2D eigenvalue weighted by Gasteiger charge is 2.27. The Bertz CT molecular complexity index is 888. The highest BCUT2D eigenvalue weighted by atomic mass is 32.2. The lowest BCUT2D eigenvalue weighted by Gasteiger charge is -2.24. The van der Waals surface area contributed by atoms with Gasteiger partial charge in [-0.1, -0.05) is 90.4 Å². The molecule has 160 valence electrons. The minimum atomic E-state index is -0.864. The highest BCUT2D eigenvalue weighted by Crippen LogP contribution is 2.40. The Morgan fingerprint density at radius 1 is 0.867 bits per heavy atom. The smallest absolute Gasteiger partial charge is 0.199 e. The second kappa shape index (κ2) is 10.3. The van der Waals surface area contributed by atoms with Gasteiger partial charge in [-0.25, -0.2) is 0 Å². The van der Waals surface area contributed by atoms with E-state index in [0.717, 1.165) is 10.5 Å². The Morgan fingerprint density at radius 3 is 1.77 bits per heavy atom. The average molecular weight is 423 g/mol. The molecule has 1 N–H and O–H groups in total. The van der Waals surface area contributed by atoms with Crippen LogP contribution in [0.15, 0.2) is 41.3 Å². The maximum atomic E-state index is 13.2. The fourth-order valence-corrected chi connectivity index (χ4v) is 4.74. The number of benzene rings is 2. The first-order valence-corrected chi connectivity index (χ1v) is 11.5. The first-order chi connectivity index (χ1) is 14.1. The molecule has 0 aromatic heterocycles. The van der Waals surface area contributed by atoms with Crippen molar-refractivity contribution in [2.75, 3.05) is 0 Å². The topological polar surface area (TPSA) is 37.3 Å². The van der Waals surface area contributed by atoms with E-state index in [0.29, 0.717) is 23.3 Å². The van der Waals surface area contributed by atoms with E-state index in [2.05, 4.69) is 59.6 Å². The van der Waals surface area contributed by atoms with Gasteiger partial charge in [-0.2, -0.15) is 0 Å². The summed E-state index contributed by atoms with van der Waals surface area (Å²) in [4.78, 5) is 14.2. The third-order valence-corrected chi connectivity index (χ3v) is 6.79. The maximum Gasteiger partial charge on any atom is 0.199 e. The third-order valence-electron chi connectivity index (χ3n) is 5.55. The summed E-state index contributed by atoms with van der Waals surface area (Å²) in [5.41, 5.74) is 5.19. The van der Waals surface area contributed by atoms with Crippen LogP contribution in [0.1, 0.15) is 100 Å². The van der Waals surface area contributed by atoms with Gasteiger partial charge < -0.3 is 5.11 Å². The Hall–Kier alpha value is -2.02. The molecule has 0 heterocycles. The van der Waals surface area contributed by atoms with Gasteiger partial charge in [0.05, 0.1) is 12.0 Å². The second-order valence-electron chi connectivity index (χ2n) is 8.91.